The largest absolute Gasteiger partial charge is 0.384 e. The molecule has 80 valence electrons. The number of aromatic nitrogens is 1. The summed E-state index contributed by atoms with van der Waals surface area (Å²) in [5.41, 5.74) is 8.52. The zero-order chi connectivity index (χ0) is 11.4. The first-order valence-corrected chi connectivity index (χ1v) is 5.08. The Labute approximate surface area is 94.5 Å². The Morgan fingerprint density at radius 1 is 1.12 bits per heavy atom. The molecular weight excluding hydrogens is 198 g/mol. The van der Waals surface area contributed by atoms with Crippen LogP contribution in [-0.4, -0.2) is 10.8 Å². The molecule has 16 heavy (non-hydrogen) atoms. The monoisotopic (exact) mass is 211 g/mol. The summed E-state index contributed by atoms with van der Waals surface area (Å²) < 4.78 is 0. The van der Waals surface area contributed by atoms with E-state index in [0.29, 0.717) is 0 Å². The molecule has 1 aromatic carbocycles. The van der Waals surface area contributed by atoms with E-state index in [1.54, 1.807) is 6.20 Å². The van der Waals surface area contributed by atoms with Gasteiger partial charge in [0.1, 0.15) is 5.84 Å². The van der Waals surface area contributed by atoms with Crippen LogP contribution in [0, 0.1) is 5.41 Å². The maximum absolute atomic E-state index is 7.29. The molecule has 0 unspecified atom stereocenters. The molecule has 0 aliphatic carbocycles. The summed E-state index contributed by atoms with van der Waals surface area (Å²) in [7, 11) is 0. The fraction of sp³-hybridized carbons (Fsp3) is 0.0769. The molecule has 1 heterocycles. The summed E-state index contributed by atoms with van der Waals surface area (Å²) in [6, 6.07) is 11.7. The van der Waals surface area contributed by atoms with Gasteiger partial charge in [-0.15, -0.1) is 0 Å². The van der Waals surface area contributed by atoms with Gasteiger partial charge in [0.25, 0.3) is 0 Å². The van der Waals surface area contributed by atoms with E-state index >= 15 is 0 Å². The molecule has 0 fully saturated rings. The van der Waals surface area contributed by atoms with E-state index < -0.39 is 0 Å². The Morgan fingerprint density at radius 3 is 2.44 bits per heavy atom. The van der Waals surface area contributed by atoms with Gasteiger partial charge >= 0.3 is 0 Å². The molecule has 0 saturated heterocycles. The second-order valence-electron chi connectivity index (χ2n) is 3.65. The van der Waals surface area contributed by atoms with Crippen molar-refractivity contribution in [2.24, 2.45) is 5.73 Å². The van der Waals surface area contributed by atoms with Gasteiger partial charge in [0.2, 0.25) is 0 Å². The van der Waals surface area contributed by atoms with E-state index in [4.69, 9.17) is 11.1 Å². The highest BCUT2D eigenvalue weighted by atomic mass is 14.7. The van der Waals surface area contributed by atoms with Gasteiger partial charge in [0, 0.05) is 18.0 Å². The van der Waals surface area contributed by atoms with E-state index in [1.165, 1.54) is 11.1 Å². The minimum absolute atomic E-state index is 0.105. The van der Waals surface area contributed by atoms with E-state index in [-0.39, 0.29) is 5.84 Å². The number of nitrogens with one attached hydrogen (secondary N) is 1. The Balaban J connectivity index is 2.14. The van der Waals surface area contributed by atoms with Crippen LogP contribution in [0.5, 0.6) is 0 Å². The highest BCUT2D eigenvalue weighted by Gasteiger charge is 1.98. The van der Waals surface area contributed by atoms with Crippen LogP contribution in [0.3, 0.4) is 0 Å². The molecule has 1 aromatic heterocycles. The second-order valence-corrected chi connectivity index (χ2v) is 3.65. The molecule has 2 rings (SSSR count). The first-order chi connectivity index (χ1) is 7.75. The van der Waals surface area contributed by atoms with E-state index in [0.717, 1.165) is 12.0 Å². The molecule has 0 atom stereocenters. The van der Waals surface area contributed by atoms with Crippen molar-refractivity contribution in [3.63, 3.8) is 0 Å². The predicted octanol–water partition coefficient (Wildman–Crippen LogP) is 1.96. The molecular formula is C13H13N3. The van der Waals surface area contributed by atoms with Gasteiger partial charge in [0.05, 0.1) is 0 Å². The van der Waals surface area contributed by atoms with E-state index in [1.807, 2.05) is 42.6 Å². The summed E-state index contributed by atoms with van der Waals surface area (Å²) >= 11 is 0. The summed E-state index contributed by atoms with van der Waals surface area (Å²) in [6.45, 7) is 0. The number of pyridine rings is 1. The van der Waals surface area contributed by atoms with Gasteiger partial charge < -0.3 is 5.73 Å². The van der Waals surface area contributed by atoms with Gasteiger partial charge in [-0.1, -0.05) is 30.3 Å². The zero-order valence-electron chi connectivity index (χ0n) is 8.85. The molecule has 0 amide bonds. The van der Waals surface area contributed by atoms with E-state index in [9.17, 15) is 0 Å². The first kappa shape index (κ1) is 10.4. The number of nitrogens with two attached hydrogens (primary N) is 1. The van der Waals surface area contributed by atoms with Gasteiger partial charge in [-0.05, 0) is 23.6 Å². The smallest absolute Gasteiger partial charge is 0.122 e. The van der Waals surface area contributed by atoms with Crippen LogP contribution in [0.4, 0.5) is 0 Å². The average molecular weight is 211 g/mol. The lowest BCUT2D eigenvalue weighted by Crippen LogP contribution is -2.10. The van der Waals surface area contributed by atoms with Crippen molar-refractivity contribution < 1.29 is 0 Å². The Hall–Kier alpha value is -2.16. The lowest BCUT2D eigenvalue weighted by molar-refractivity contribution is 1.14. The minimum Gasteiger partial charge on any atom is -0.384 e. The third-order valence-electron chi connectivity index (χ3n) is 2.40. The second kappa shape index (κ2) is 4.57. The minimum atomic E-state index is 0.105. The number of nitrogens with zero attached hydrogens (tertiary/aromatic N) is 1. The van der Waals surface area contributed by atoms with Gasteiger partial charge in [-0.2, -0.15) is 0 Å². The summed E-state index contributed by atoms with van der Waals surface area (Å²) in [5, 5.41) is 7.29. The van der Waals surface area contributed by atoms with E-state index in [2.05, 4.69) is 4.98 Å². The third-order valence-corrected chi connectivity index (χ3v) is 2.40. The third kappa shape index (κ3) is 2.45. The van der Waals surface area contributed by atoms with Crippen LogP contribution in [0.25, 0.3) is 0 Å². The van der Waals surface area contributed by atoms with Crippen LogP contribution in [0.1, 0.15) is 16.7 Å². The lowest BCUT2D eigenvalue weighted by atomic mass is 10.0. The van der Waals surface area contributed by atoms with Crippen LogP contribution < -0.4 is 5.73 Å². The molecule has 3 heteroatoms. The standard InChI is InChI=1S/C13H13N3/c14-13(15)12-5-3-10(4-6-12)8-11-2-1-7-16-9-11/h1-7,9H,8H2,(H3,14,15). The molecule has 3 N–H and O–H groups in total. The fourth-order valence-corrected chi connectivity index (χ4v) is 1.54. The summed E-state index contributed by atoms with van der Waals surface area (Å²) in [6.07, 6.45) is 4.48. The highest BCUT2D eigenvalue weighted by molar-refractivity contribution is 5.94. The number of amidine groups is 1. The molecule has 0 aliphatic rings. The molecule has 0 bridgehead atoms. The molecule has 0 spiro atoms. The quantitative estimate of drug-likeness (QED) is 0.602. The first-order valence-electron chi connectivity index (χ1n) is 5.08. The molecule has 2 aromatic rings. The number of nitrogen functional groups attached to an aromatic ring is 1. The topological polar surface area (TPSA) is 62.8 Å². The summed E-state index contributed by atoms with van der Waals surface area (Å²) in [4.78, 5) is 4.07. The lowest BCUT2D eigenvalue weighted by Gasteiger charge is -2.03. The molecule has 0 saturated carbocycles. The number of rotatable bonds is 3. The van der Waals surface area contributed by atoms with Gasteiger partial charge in [-0.3, -0.25) is 10.4 Å². The number of hydrogen-bond acceptors (Lipinski definition) is 2. The van der Waals surface area contributed by atoms with Crippen molar-refractivity contribution in [3.05, 3.63) is 65.5 Å². The Morgan fingerprint density at radius 2 is 1.88 bits per heavy atom. The molecule has 0 radical (unpaired) electrons. The zero-order valence-corrected chi connectivity index (χ0v) is 8.85. The maximum Gasteiger partial charge on any atom is 0.122 e. The van der Waals surface area contributed by atoms with Gasteiger partial charge in [0.15, 0.2) is 0 Å². The number of benzene rings is 1. The van der Waals surface area contributed by atoms with Crippen molar-refractivity contribution in [3.8, 4) is 0 Å². The molecule has 0 aliphatic heterocycles. The maximum atomic E-state index is 7.29. The SMILES string of the molecule is N=C(N)c1ccc(Cc2cccnc2)cc1. The number of hydrogen-bond donors (Lipinski definition) is 2. The van der Waals surface area contributed by atoms with Crippen molar-refractivity contribution in [2.75, 3.05) is 0 Å². The van der Waals surface area contributed by atoms with Gasteiger partial charge in [-0.25, -0.2) is 0 Å². The van der Waals surface area contributed by atoms with Crippen molar-refractivity contribution in [1.29, 1.82) is 5.41 Å². The Bertz CT molecular complexity index is 474. The summed E-state index contributed by atoms with van der Waals surface area (Å²) in [5.74, 6) is 0.105. The van der Waals surface area contributed by atoms with Crippen LogP contribution in [-0.2, 0) is 6.42 Å². The normalized spacial score (nSPS) is 10.0. The fourth-order valence-electron chi connectivity index (χ4n) is 1.54. The van der Waals surface area contributed by atoms with Crippen molar-refractivity contribution >= 4 is 5.84 Å². The van der Waals surface area contributed by atoms with Crippen LogP contribution in [0.2, 0.25) is 0 Å². The predicted molar refractivity (Wildman–Crippen MR) is 64.5 cm³/mol. The highest BCUT2D eigenvalue weighted by Crippen LogP contribution is 2.09. The van der Waals surface area contributed by atoms with Crippen LogP contribution >= 0.6 is 0 Å². The molecule has 3 nitrogen and oxygen atoms in total. The average Bonchev–Trinajstić information content (AvgIpc) is 2.31. The Kier molecular flexibility index (Phi) is 2.96. The van der Waals surface area contributed by atoms with Crippen molar-refractivity contribution in [2.45, 2.75) is 6.42 Å². The van der Waals surface area contributed by atoms with Crippen molar-refractivity contribution in [1.82, 2.24) is 4.98 Å². The van der Waals surface area contributed by atoms with Crippen LogP contribution in [0.15, 0.2) is 48.8 Å².